The highest BCUT2D eigenvalue weighted by Gasteiger charge is 2.27. The maximum Gasteiger partial charge on any atom is 0.243 e. The average Bonchev–Trinajstić information content (AvgIpc) is 3.58. The van der Waals surface area contributed by atoms with Gasteiger partial charge in [0, 0.05) is 54.1 Å². The summed E-state index contributed by atoms with van der Waals surface area (Å²) in [5.74, 6) is 1.21. The van der Waals surface area contributed by atoms with E-state index < -0.39 is 12.1 Å². The van der Waals surface area contributed by atoms with E-state index in [0.717, 1.165) is 21.4 Å². The van der Waals surface area contributed by atoms with Crippen molar-refractivity contribution in [3.05, 3.63) is 66.6 Å². The minimum absolute atomic E-state index is 0.000537. The average molecular weight is 616 g/mol. The Labute approximate surface area is 262 Å². The Morgan fingerprint density at radius 2 is 1.77 bits per heavy atom. The summed E-state index contributed by atoms with van der Waals surface area (Å²) in [7, 11) is 2.01. The molecule has 44 heavy (non-hydrogen) atoms. The van der Waals surface area contributed by atoms with Crippen molar-refractivity contribution in [1.82, 2.24) is 34.9 Å². The van der Waals surface area contributed by atoms with Crippen LogP contribution in [0, 0.1) is 5.92 Å². The molecule has 0 unspecified atom stereocenters. The molecule has 0 saturated carbocycles. The molecule has 0 fully saturated rings. The number of aryl methyl sites for hydroxylation is 1. The van der Waals surface area contributed by atoms with Gasteiger partial charge in [-0.15, -0.1) is 11.8 Å². The molecule has 0 spiro atoms. The summed E-state index contributed by atoms with van der Waals surface area (Å²) < 4.78 is 3.87. The number of nitrogens with one attached hydrogen (secondary N) is 2. The normalized spacial score (nSPS) is 18.5. The number of fused-ring (bicyclic) bond motifs is 2. The zero-order valence-corrected chi connectivity index (χ0v) is 26.6. The highest BCUT2D eigenvalue weighted by atomic mass is 32.2. The number of carbonyl (C=O) groups is 3. The molecule has 2 aromatic heterocycles. The zero-order valence-electron chi connectivity index (χ0n) is 25.8. The third kappa shape index (κ3) is 7.50. The van der Waals surface area contributed by atoms with Crippen LogP contribution in [0.2, 0.25) is 0 Å². The third-order valence-corrected chi connectivity index (χ3v) is 8.84. The standard InChI is InChI=1S/C33H41N7O3S/c1-22(2)19-26-33(43)34-23(3)32-36-31(24-11-6-5-7-12-24)37-40(32)18-17-39(16-10-15-29(41)35-26)30(42)21-44-28-20-38(4)27-14-9-8-13-25(27)28/h5-9,11-14,20,22-23,26H,10,15-19,21H2,1-4H3,(H,34,43)(H,35,41)/t23-,26-/m1/s1. The molecule has 0 saturated heterocycles. The van der Waals surface area contributed by atoms with Gasteiger partial charge in [0.15, 0.2) is 5.82 Å². The fourth-order valence-electron chi connectivity index (χ4n) is 5.55. The van der Waals surface area contributed by atoms with E-state index in [9.17, 15) is 14.4 Å². The molecule has 0 aliphatic carbocycles. The van der Waals surface area contributed by atoms with E-state index in [-0.39, 0.29) is 35.8 Å². The van der Waals surface area contributed by atoms with E-state index in [1.165, 1.54) is 11.8 Å². The fraction of sp³-hybridized carbons (Fsp3) is 0.424. The first-order chi connectivity index (χ1) is 21.2. The molecule has 0 radical (unpaired) electrons. The molecule has 3 heterocycles. The monoisotopic (exact) mass is 615 g/mol. The summed E-state index contributed by atoms with van der Waals surface area (Å²) in [6.45, 7) is 7.15. The highest BCUT2D eigenvalue weighted by Crippen LogP contribution is 2.29. The molecule has 1 aliphatic rings. The minimum Gasteiger partial charge on any atom is -0.349 e. The number of rotatable bonds is 6. The second kappa shape index (κ2) is 14.1. The van der Waals surface area contributed by atoms with Crippen LogP contribution in [-0.2, 0) is 28.0 Å². The van der Waals surface area contributed by atoms with E-state index in [0.29, 0.717) is 44.1 Å². The van der Waals surface area contributed by atoms with Crippen molar-refractivity contribution in [3.8, 4) is 11.4 Å². The molecular formula is C33H41N7O3S. The van der Waals surface area contributed by atoms with E-state index in [1.54, 1.807) is 4.68 Å². The van der Waals surface area contributed by atoms with Crippen molar-refractivity contribution < 1.29 is 14.4 Å². The summed E-state index contributed by atoms with van der Waals surface area (Å²) >= 11 is 1.53. The van der Waals surface area contributed by atoms with Gasteiger partial charge >= 0.3 is 0 Å². The number of benzene rings is 2. The number of hydrogen-bond acceptors (Lipinski definition) is 6. The molecule has 1 aliphatic heterocycles. The van der Waals surface area contributed by atoms with Gasteiger partial charge in [-0.25, -0.2) is 9.67 Å². The van der Waals surface area contributed by atoms with E-state index in [1.807, 2.05) is 75.2 Å². The topological polar surface area (TPSA) is 114 Å². The first-order valence-corrected chi connectivity index (χ1v) is 16.2. The lowest BCUT2D eigenvalue weighted by Gasteiger charge is -2.26. The molecule has 3 amide bonds. The van der Waals surface area contributed by atoms with Crippen LogP contribution in [0.5, 0.6) is 0 Å². The Balaban J connectivity index is 1.40. The van der Waals surface area contributed by atoms with Crippen molar-refractivity contribution in [1.29, 1.82) is 0 Å². The predicted molar refractivity (Wildman–Crippen MR) is 173 cm³/mol. The predicted octanol–water partition coefficient (Wildman–Crippen LogP) is 4.56. The summed E-state index contributed by atoms with van der Waals surface area (Å²) in [4.78, 5) is 47.6. The van der Waals surface area contributed by atoms with Crippen LogP contribution in [0.4, 0.5) is 0 Å². The van der Waals surface area contributed by atoms with Crippen LogP contribution in [0.15, 0.2) is 65.7 Å². The van der Waals surface area contributed by atoms with Gasteiger partial charge < -0.3 is 20.1 Å². The lowest BCUT2D eigenvalue weighted by molar-refractivity contribution is -0.130. The van der Waals surface area contributed by atoms with Crippen molar-refractivity contribution in [2.24, 2.45) is 13.0 Å². The van der Waals surface area contributed by atoms with E-state index in [4.69, 9.17) is 10.1 Å². The van der Waals surface area contributed by atoms with Crippen LogP contribution in [-0.4, -0.2) is 66.8 Å². The Hall–Kier alpha value is -4.12. The van der Waals surface area contributed by atoms with Crippen molar-refractivity contribution in [3.63, 3.8) is 0 Å². The number of nitrogens with zero attached hydrogens (tertiary/aromatic N) is 5. The Bertz CT molecular complexity index is 1610. The summed E-state index contributed by atoms with van der Waals surface area (Å²) in [6.07, 6.45) is 3.29. The number of hydrogen-bond donors (Lipinski definition) is 2. The van der Waals surface area contributed by atoms with E-state index in [2.05, 4.69) is 33.5 Å². The van der Waals surface area contributed by atoms with Gasteiger partial charge in [-0.1, -0.05) is 62.4 Å². The van der Waals surface area contributed by atoms with Crippen LogP contribution >= 0.6 is 11.8 Å². The maximum atomic E-state index is 13.7. The van der Waals surface area contributed by atoms with Crippen LogP contribution < -0.4 is 10.6 Å². The van der Waals surface area contributed by atoms with Gasteiger partial charge in [0.1, 0.15) is 11.9 Å². The number of aromatic nitrogens is 4. The highest BCUT2D eigenvalue weighted by molar-refractivity contribution is 8.00. The molecular weight excluding hydrogens is 574 g/mol. The smallest absolute Gasteiger partial charge is 0.243 e. The van der Waals surface area contributed by atoms with Crippen molar-refractivity contribution >= 4 is 40.4 Å². The lowest BCUT2D eigenvalue weighted by atomic mass is 10.0. The van der Waals surface area contributed by atoms with E-state index >= 15 is 0 Å². The summed E-state index contributed by atoms with van der Waals surface area (Å²) in [6, 6.07) is 16.7. The number of carbonyl (C=O) groups excluding carboxylic acids is 3. The largest absolute Gasteiger partial charge is 0.349 e. The van der Waals surface area contributed by atoms with Gasteiger partial charge in [0.2, 0.25) is 17.7 Å². The SMILES string of the molecule is CC(C)C[C@H]1NC(=O)CCCN(C(=O)CSc2cn(C)c3ccccc23)CCn2nc(-c3ccccc3)nc2[C@@H](C)NC1=O. The van der Waals surface area contributed by atoms with Gasteiger partial charge in [0.25, 0.3) is 0 Å². The molecule has 0 bridgehead atoms. The second-order valence-corrected chi connectivity index (χ2v) is 12.8. The Kier molecular flexibility index (Phi) is 10.0. The Morgan fingerprint density at radius 1 is 1.02 bits per heavy atom. The van der Waals surface area contributed by atoms with Crippen LogP contribution in [0.1, 0.15) is 51.9 Å². The molecule has 2 N–H and O–H groups in total. The van der Waals surface area contributed by atoms with Crippen molar-refractivity contribution in [2.45, 2.75) is 63.6 Å². The van der Waals surface area contributed by atoms with Crippen molar-refractivity contribution in [2.75, 3.05) is 18.8 Å². The lowest BCUT2D eigenvalue weighted by Crippen LogP contribution is -2.48. The summed E-state index contributed by atoms with van der Waals surface area (Å²) in [5, 5.41) is 11.9. The fourth-order valence-corrected chi connectivity index (χ4v) is 6.58. The first-order valence-electron chi connectivity index (χ1n) is 15.2. The molecule has 11 heteroatoms. The van der Waals surface area contributed by atoms with Gasteiger partial charge in [0.05, 0.1) is 18.3 Å². The number of thioether (sulfide) groups is 1. The van der Waals surface area contributed by atoms with Gasteiger partial charge in [-0.3, -0.25) is 14.4 Å². The Morgan fingerprint density at radius 3 is 2.55 bits per heavy atom. The molecule has 2 atom stereocenters. The number of para-hydroxylation sites is 1. The molecule has 2 aromatic carbocycles. The minimum atomic E-state index is -0.660. The number of amides is 3. The first kappa shape index (κ1) is 31.3. The molecule has 5 rings (SSSR count). The van der Waals surface area contributed by atoms with Gasteiger partial charge in [-0.05, 0) is 31.7 Å². The van der Waals surface area contributed by atoms with Crippen LogP contribution in [0.3, 0.4) is 0 Å². The maximum absolute atomic E-state index is 13.7. The molecule has 10 nitrogen and oxygen atoms in total. The molecule has 4 aromatic rings. The second-order valence-electron chi connectivity index (χ2n) is 11.8. The van der Waals surface area contributed by atoms with Gasteiger partial charge in [-0.2, -0.15) is 5.10 Å². The van der Waals surface area contributed by atoms with Crippen LogP contribution in [0.25, 0.3) is 22.3 Å². The third-order valence-electron chi connectivity index (χ3n) is 7.82. The zero-order chi connectivity index (χ0) is 31.2. The molecule has 232 valence electrons. The summed E-state index contributed by atoms with van der Waals surface area (Å²) in [5.41, 5.74) is 1.99. The quantitative estimate of drug-likeness (QED) is 0.308.